The molecule has 21 heavy (non-hydrogen) atoms. The Morgan fingerprint density at radius 2 is 1.76 bits per heavy atom. The molecule has 0 bridgehead atoms. The van der Waals surface area contributed by atoms with Crippen molar-refractivity contribution < 1.29 is 9.59 Å². The normalized spacial score (nSPS) is 16.4. The third-order valence-electron chi connectivity index (χ3n) is 3.07. The lowest BCUT2D eigenvalue weighted by atomic mass is 10.1. The number of nitrogens with one attached hydrogen (secondary N) is 1. The van der Waals surface area contributed by atoms with E-state index in [1.54, 1.807) is 18.2 Å². The molecular formula is C16H11BrN2O2. The van der Waals surface area contributed by atoms with E-state index >= 15 is 0 Å². The molecule has 1 N–H and O–H groups in total. The fourth-order valence-corrected chi connectivity index (χ4v) is 2.50. The smallest absolute Gasteiger partial charge is 0.267 e. The van der Waals surface area contributed by atoms with Gasteiger partial charge < -0.3 is 0 Å². The second-order valence-electron chi connectivity index (χ2n) is 4.53. The molecule has 2 aromatic carbocycles. The van der Waals surface area contributed by atoms with E-state index in [9.17, 15) is 9.59 Å². The Kier molecular flexibility index (Phi) is 3.58. The van der Waals surface area contributed by atoms with Crippen molar-refractivity contribution in [3.8, 4) is 0 Å². The van der Waals surface area contributed by atoms with E-state index in [0.717, 1.165) is 10.0 Å². The number of hydrazine groups is 1. The standard InChI is InChI=1S/C16H11BrN2O2/c17-12-6-4-5-11(9-12)10-14-15(20)18-19(16(14)21)13-7-2-1-3-8-13/h1-10H,(H,18,20)/b14-10-. The van der Waals surface area contributed by atoms with Gasteiger partial charge in [0, 0.05) is 4.47 Å². The van der Waals surface area contributed by atoms with Crippen molar-refractivity contribution in [1.29, 1.82) is 0 Å². The Hall–Kier alpha value is -2.40. The molecular weight excluding hydrogens is 332 g/mol. The van der Waals surface area contributed by atoms with Gasteiger partial charge in [0.15, 0.2) is 0 Å². The minimum Gasteiger partial charge on any atom is -0.267 e. The summed E-state index contributed by atoms with van der Waals surface area (Å²) in [6, 6.07) is 16.4. The Balaban J connectivity index is 1.94. The minimum atomic E-state index is -0.399. The number of nitrogens with zero attached hydrogens (tertiary/aromatic N) is 1. The Bertz CT molecular complexity index is 741. The molecule has 0 unspecified atom stereocenters. The fraction of sp³-hybridized carbons (Fsp3) is 0. The van der Waals surface area contributed by atoms with E-state index in [2.05, 4.69) is 21.4 Å². The molecule has 0 spiro atoms. The molecule has 0 saturated carbocycles. The van der Waals surface area contributed by atoms with E-state index in [-0.39, 0.29) is 11.5 Å². The van der Waals surface area contributed by atoms with Crippen molar-refractivity contribution >= 4 is 39.5 Å². The number of carbonyl (C=O) groups excluding carboxylic acids is 2. The summed E-state index contributed by atoms with van der Waals surface area (Å²) >= 11 is 3.37. The first kappa shape index (κ1) is 13.6. The monoisotopic (exact) mass is 342 g/mol. The van der Waals surface area contributed by atoms with Crippen LogP contribution in [-0.4, -0.2) is 11.8 Å². The van der Waals surface area contributed by atoms with Gasteiger partial charge in [0.05, 0.1) is 5.69 Å². The van der Waals surface area contributed by atoms with Gasteiger partial charge in [-0.1, -0.05) is 46.3 Å². The van der Waals surface area contributed by atoms with Crippen LogP contribution in [0.15, 0.2) is 64.6 Å². The molecule has 4 nitrogen and oxygen atoms in total. The van der Waals surface area contributed by atoms with Crippen LogP contribution >= 0.6 is 15.9 Å². The molecule has 1 fully saturated rings. The van der Waals surface area contributed by atoms with Crippen LogP contribution in [0.3, 0.4) is 0 Å². The molecule has 0 aliphatic carbocycles. The van der Waals surface area contributed by atoms with E-state index in [0.29, 0.717) is 5.69 Å². The molecule has 0 aromatic heterocycles. The molecule has 1 heterocycles. The molecule has 104 valence electrons. The SMILES string of the molecule is O=C1NN(c2ccccc2)C(=O)/C1=C\c1cccc(Br)c1. The lowest BCUT2D eigenvalue weighted by Gasteiger charge is -2.13. The summed E-state index contributed by atoms with van der Waals surface area (Å²) in [7, 11) is 0. The van der Waals surface area contributed by atoms with Crippen molar-refractivity contribution in [2.24, 2.45) is 0 Å². The maximum Gasteiger partial charge on any atom is 0.282 e. The van der Waals surface area contributed by atoms with E-state index in [4.69, 9.17) is 0 Å². The number of halogens is 1. The maximum absolute atomic E-state index is 12.4. The van der Waals surface area contributed by atoms with Crippen LogP contribution in [-0.2, 0) is 9.59 Å². The number of hydrogen-bond acceptors (Lipinski definition) is 2. The fourth-order valence-electron chi connectivity index (χ4n) is 2.08. The van der Waals surface area contributed by atoms with Gasteiger partial charge in [-0.2, -0.15) is 0 Å². The highest BCUT2D eigenvalue weighted by Crippen LogP contribution is 2.22. The average molecular weight is 343 g/mol. The highest BCUT2D eigenvalue weighted by Gasteiger charge is 2.34. The van der Waals surface area contributed by atoms with Gasteiger partial charge in [0.2, 0.25) is 0 Å². The first-order valence-electron chi connectivity index (χ1n) is 6.33. The minimum absolute atomic E-state index is 0.122. The molecule has 3 rings (SSSR count). The van der Waals surface area contributed by atoms with Crippen molar-refractivity contribution in [2.75, 3.05) is 5.01 Å². The number of rotatable bonds is 2. The zero-order valence-corrected chi connectivity index (χ0v) is 12.5. The highest BCUT2D eigenvalue weighted by molar-refractivity contribution is 9.10. The topological polar surface area (TPSA) is 49.4 Å². The van der Waals surface area contributed by atoms with Crippen LogP contribution < -0.4 is 10.4 Å². The molecule has 2 amide bonds. The third kappa shape index (κ3) is 2.73. The van der Waals surface area contributed by atoms with Gasteiger partial charge in [0.25, 0.3) is 11.8 Å². The molecule has 1 aliphatic heterocycles. The lowest BCUT2D eigenvalue weighted by Crippen LogP contribution is -2.35. The van der Waals surface area contributed by atoms with Gasteiger partial charge >= 0.3 is 0 Å². The van der Waals surface area contributed by atoms with Gasteiger partial charge in [-0.3, -0.25) is 15.0 Å². The van der Waals surface area contributed by atoms with Crippen LogP contribution in [0.5, 0.6) is 0 Å². The van der Waals surface area contributed by atoms with Crippen LogP contribution in [0.4, 0.5) is 5.69 Å². The number of carbonyl (C=O) groups is 2. The van der Waals surface area contributed by atoms with Crippen molar-refractivity contribution in [3.63, 3.8) is 0 Å². The predicted molar refractivity (Wildman–Crippen MR) is 84.2 cm³/mol. The Morgan fingerprint density at radius 3 is 2.48 bits per heavy atom. The van der Waals surface area contributed by atoms with Gasteiger partial charge in [-0.25, -0.2) is 5.01 Å². The first-order chi connectivity index (χ1) is 10.1. The Labute approximate surface area is 130 Å². The summed E-state index contributed by atoms with van der Waals surface area (Å²) in [6.07, 6.45) is 1.59. The highest BCUT2D eigenvalue weighted by atomic mass is 79.9. The molecule has 1 aliphatic rings. The lowest BCUT2D eigenvalue weighted by molar-refractivity contribution is -0.117. The zero-order chi connectivity index (χ0) is 14.8. The second kappa shape index (κ2) is 5.54. The van der Waals surface area contributed by atoms with Crippen LogP contribution in [0, 0.1) is 0 Å². The summed E-state index contributed by atoms with van der Waals surface area (Å²) in [5, 5.41) is 1.26. The van der Waals surface area contributed by atoms with Gasteiger partial charge in [0.1, 0.15) is 5.57 Å². The second-order valence-corrected chi connectivity index (χ2v) is 5.45. The third-order valence-corrected chi connectivity index (χ3v) is 3.56. The number of para-hydroxylation sites is 1. The average Bonchev–Trinajstić information content (AvgIpc) is 2.76. The van der Waals surface area contributed by atoms with Crippen LogP contribution in [0.2, 0.25) is 0 Å². The van der Waals surface area contributed by atoms with E-state index in [1.165, 1.54) is 5.01 Å². The summed E-state index contributed by atoms with van der Waals surface area (Å²) in [5.41, 5.74) is 4.11. The number of anilines is 1. The molecule has 1 saturated heterocycles. The number of hydrogen-bond donors (Lipinski definition) is 1. The van der Waals surface area contributed by atoms with E-state index < -0.39 is 5.91 Å². The number of amides is 2. The van der Waals surface area contributed by atoms with Crippen molar-refractivity contribution in [1.82, 2.24) is 5.43 Å². The molecule has 2 aromatic rings. The number of benzene rings is 2. The molecule has 0 atom stereocenters. The summed E-state index contributed by atoms with van der Waals surface area (Å²) in [6.45, 7) is 0. The van der Waals surface area contributed by atoms with Crippen LogP contribution in [0.25, 0.3) is 6.08 Å². The van der Waals surface area contributed by atoms with Gasteiger partial charge in [-0.05, 0) is 35.9 Å². The van der Waals surface area contributed by atoms with Crippen LogP contribution in [0.1, 0.15) is 5.56 Å². The largest absolute Gasteiger partial charge is 0.282 e. The molecule has 5 heteroatoms. The van der Waals surface area contributed by atoms with Crippen molar-refractivity contribution in [2.45, 2.75) is 0 Å². The van der Waals surface area contributed by atoms with E-state index in [1.807, 2.05) is 42.5 Å². The zero-order valence-electron chi connectivity index (χ0n) is 10.9. The summed E-state index contributed by atoms with van der Waals surface area (Å²) in [5.74, 6) is -0.755. The van der Waals surface area contributed by atoms with Gasteiger partial charge in [-0.15, -0.1) is 0 Å². The first-order valence-corrected chi connectivity index (χ1v) is 7.12. The summed E-state index contributed by atoms with van der Waals surface area (Å²) in [4.78, 5) is 24.4. The Morgan fingerprint density at radius 1 is 1.00 bits per heavy atom. The molecule has 0 radical (unpaired) electrons. The summed E-state index contributed by atoms with van der Waals surface area (Å²) < 4.78 is 0.891. The maximum atomic E-state index is 12.4. The quantitative estimate of drug-likeness (QED) is 0.673. The predicted octanol–water partition coefficient (Wildman–Crippen LogP) is 2.91. The van der Waals surface area contributed by atoms with Crippen molar-refractivity contribution in [3.05, 3.63) is 70.2 Å².